The number of rotatable bonds is 4. The van der Waals surface area contributed by atoms with Crippen LogP contribution >= 0.6 is 0 Å². The largest absolute Gasteiger partial charge is 0.478 e. The predicted octanol–water partition coefficient (Wildman–Crippen LogP) is 3.01. The number of aromatic carboxylic acids is 1. The van der Waals surface area contributed by atoms with Crippen LogP contribution in [0.25, 0.3) is 0 Å². The topological polar surface area (TPSA) is 69.6 Å². The van der Waals surface area contributed by atoms with Gasteiger partial charge in [0, 0.05) is 31.0 Å². The predicted molar refractivity (Wildman–Crippen MR) is 86.9 cm³/mol. The maximum Gasteiger partial charge on any atom is 0.335 e. The quantitative estimate of drug-likeness (QED) is 0.910. The molecule has 0 aliphatic heterocycles. The van der Waals surface area contributed by atoms with Gasteiger partial charge in [-0.1, -0.05) is 0 Å². The Hall–Kier alpha value is -2.82. The third-order valence-electron chi connectivity index (χ3n) is 3.37. The molecule has 5 heteroatoms. The van der Waals surface area contributed by atoms with E-state index in [1.54, 1.807) is 25.1 Å². The average molecular weight is 298 g/mol. The summed E-state index contributed by atoms with van der Waals surface area (Å²) in [5.41, 5.74) is 3.07. The van der Waals surface area contributed by atoms with Gasteiger partial charge in [0.2, 0.25) is 0 Å². The molecule has 0 spiro atoms. The van der Waals surface area contributed by atoms with E-state index in [0.29, 0.717) is 16.8 Å². The van der Waals surface area contributed by atoms with Crippen LogP contribution < -0.4 is 10.2 Å². The van der Waals surface area contributed by atoms with Crippen molar-refractivity contribution >= 4 is 23.3 Å². The molecule has 2 aromatic carbocycles. The molecule has 22 heavy (non-hydrogen) atoms. The lowest BCUT2D eigenvalue weighted by molar-refractivity contribution is 0.0696. The number of anilines is 2. The minimum Gasteiger partial charge on any atom is -0.478 e. The first-order valence-corrected chi connectivity index (χ1v) is 6.81. The summed E-state index contributed by atoms with van der Waals surface area (Å²) in [6.07, 6.45) is 0. The molecule has 0 radical (unpaired) electrons. The third kappa shape index (κ3) is 3.44. The maximum atomic E-state index is 12.2. The van der Waals surface area contributed by atoms with E-state index < -0.39 is 5.97 Å². The van der Waals surface area contributed by atoms with Gasteiger partial charge in [0.25, 0.3) is 5.91 Å². The fraction of sp³-hybridized carbons (Fsp3) is 0.176. The summed E-state index contributed by atoms with van der Waals surface area (Å²) >= 11 is 0. The number of amides is 1. The van der Waals surface area contributed by atoms with Gasteiger partial charge in [-0.3, -0.25) is 4.79 Å². The van der Waals surface area contributed by atoms with Crippen LogP contribution in [-0.4, -0.2) is 31.1 Å². The number of hydrogen-bond acceptors (Lipinski definition) is 3. The minimum atomic E-state index is -0.986. The number of carbonyl (C=O) groups excluding carboxylic acids is 1. The van der Waals surface area contributed by atoms with E-state index in [9.17, 15) is 9.59 Å². The molecule has 0 saturated carbocycles. The van der Waals surface area contributed by atoms with Crippen LogP contribution in [0.15, 0.2) is 42.5 Å². The molecule has 0 unspecified atom stereocenters. The van der Waals surface area contributed by atoms with Crippen molar-refractivity contribution < 1.29 is 14.7 Å². The molecule has 0 bridgehead atoms. The van der Waals surface area contributed by atoms with Gasteiger partial charge in [-0.15, -0.1) is 0 Å². The van der Waals surface area contributed by atoms with Crippen molar-refractivity contribution in [1.29, 1.82) is 0 Å². The first-order chi connectivity index (χ1) is 10.4. The summed E-state index contributed by atoms with van der Waals surface area (Å²) < 4.78 is 0. The number of aryl methyl sites for hydroxylation is 1. The summed E-state index contributed by atoms with van der Waals surface area (Å²) in [5, 5.41) is 11.7. The standard InChI is InChI=1S/C17H18N2O3/c1-11-10-13(17(21)22)6-9-15(11)18-16(20)12-4-7-14(8-5-12)19(2)3/h4-10H,1-3H3,(H,18,20)(H,21,22). The van der Waals surface area contributed by atoms with E-state index in [1.807, 2.05) is 31.1 Å². The Morgan fingerprint density at radius 2 is 1.59 bits per heavy atom. The van der Waals surface area contributed by atoms with Crippen LogP contribution in [0.5, 0.6) is 0 Å². The van der Waals surface area contributed by atoms with E-state index in [2.05, 4.69) is 5.32 Å². The SMILES string of the molecule is Cc1cc(C(=O)O)ccc1NC(=O)c1ccc(N(C)C)cc1. The number of hydrogen-bond donors (Lipinski definition) is 2. The van der Waals surface area contributed by atoms with E-state index in [4.69, 9.17) is 5.11 Å². The van der Waals surface area contributed by atoms with E-state index in [-0.39, 0.29) is 11.5 Å². The highest BCUT2D eigenvalue weighted by atomic mass is 16.4. The Balaban J connectivity index is 2.16. The monoisotopic (exact) mass is 298 g/mol. The van der Waals surface area contributed by atoms with Crippen molar-refractivity contribution in [3.63, 3.8) is 0 Å². The zero-order valence-electron chi connectivity index (χ0n) is 12.8. The minimum absolute atomic E-state index is 0.200. The van der Waals surface area contributed by atoms with Crippen molar-refractivity contribution in [2.24, 2.45) is 0 Å². The van der Waals surface area contributed by atoms with Crippen LogP contribution in [0.2, 0.25) is 0 Å². The molecule has 0 saturated heterocycles. The molecular weight excluding hydrogens is 280 g/mol. The molecule has 0 fully saturated rings. The molecule has 0 aromatic heterocycles. The average Bonchev–Trinajstić information content (AvgIpc) is 2.49. The number of nitrogens with one attached hydrogen (secondary N) is 1. The first kappa shape index (κ1) is 15.6. The highest BCUT2D eigenvalue weighted by molar-refractivity contribution is 6.05. The highest BCUT2D eigenvalue weighted by Crippen LogP contribution is 2.18. The Labute approximate surface area is 129 Å². The van der Waals surface area contributed by atoms with Crippen LogP contribution in [0, 0.1) is 6.92 Å². The van der Waals surface area contributed by atoms with E-state index >= 15 is 0 Å². The number of nitrogens with zero attached hydrogens (tertiary/aromatic N) is 1. The molecule has 2 rings (SSSR count). The van der Waals surface area contributed by atoms with E-state index in [0.717, 1.165) is 5.69 Å². The number of carboxylic acids is 1. The van der Waals surface area contributed by atoms with Gasteiger partial charge < -0.3 is 15.3 Å². The summed E-state index contributed by atoms with van der Waals surface area (Å²) in [6, 6.07) is 11.9. The smallest absolute Gasteiger partial charge is 0.335 e. The molecule has 114 valence electrons. The molecule has 2 N–H and O–H groups in total. The molecule has 5 nitrogen and oxygen atoms in total. The number of carboxylic acid groups (broad SMARTS) is 1. The van der Waals surface area contributed by atoms with Crippen molar-refractivity contribution in [2.75, 3.05) is 24.3 Å². The van der Waals surface area contributed by atoms with Gasteiger partial charge >= 0.3 is 5.97 Å². The fourth-order valence-corrected chi connectivity index (χ4v) is 2.04. The van der Waals surface area contributed by atoms with Crippen LogP contribution in [0.1, 0.15) is 26.3 Å². The lowest BCUT2D eigenvalue weighted by atomic mass is 10.1. The fourth-order valence-electron chi connectivity index (χ4n) is 2.04. The van der Waals surface area contributed by atoms with Crippen molar-refractivity contribution in [3.05, 3.63) is 59.2 Å². The molecule has 0 aliphatic rings. The Morgan fingerprint density at radius 3 is 2.09 bits per heavy atom. The molecular formula is C17H18N2O3. The van der Waals surface area contributed by atoms with Crippen molar-refractivity contribution in [1.82, 2.24) is 0 Å². The summed E-state index contributed by atoms with van der Waals surface area (Å²) in [6.45, 7) is 1.76. The zero-order chi connectivity index (χ0) is 16.3. The molecule has 2 aromatic rings. The Morgan fingerprint density at radius 1 is 1.00 bits per heavy atom. The van der Waals surface area contributed by atoms with Gasteiger partial charge in [0.1, 0.15) is 0 Å². The summed E-state index contributed by atoms with van der Waals surface area (Å²) in [4.78, 5) is 25.1. The summed E-state index contributed by atoms with van der Waals surface area (Å²) in [7, 11) is 3.87. The van der Waals surface area contributed by atoms with Crippen LogP contribution in [0.4, 0.5) is 11.4 Å². The van der Waals surface area contributed by atoms with Gasteiger partial charge in [-0.25, -0.2) is 4.79 Å². The second-order valence-corrected chi connectivity index (χ2v) is 5.23. The van der Waals surface area contributed by atoms with Gasteiger partial charge in [0.05, 0.1) is 5.56 Å². The molecule has 0 atom stereocenters. The molecule has 0 heterocycles. The van der Waals surface area contributed by atoms with Gasteiger partial charge in [-0.05, 0) is 55.0 Å². The second kappa shape index (κ2) is 6.30. The first-order valence-electron chi connectivity index (χ1n) is 6.81. The Bertz CT molecular complexity index is 706. The van der Waals surface area contributed by atoms with Gasteiger partial charge in [-0.2, -0.15) is 0 Å². The lowest BCUT2D eigenvalue weighted by Crippen LogP contribution is -2.14. The molecule has 1 amide bonds. The number of carbonyl (C=O) groups is 2. The lowest BCUT2D eigenvalue weighted by Gasteiger charge is -2.13. The van der Waals surface area contributed by atoms with E-state index in [1.165, 1.54) is 12.1 Å². The van der Waals surface area contributed by atoms with Crippen molar-refractivity contribution in [2.45, 2.75) is 6.92 Å². The molecule has 0 aliphatic carbocycles. The maximum absolute atomic E-state index is 12.2. The van der Waals surface area contributed by atoms with Crippen LogP contribution in [0.3, 0.4) is 0 Å². The second-order valence-electron chi connectivity index (χ2n) is 5.23. The third-order valence-corrected chi connectivity index (χ3v) is 3.37. The Kier molecular flexibility index (Phi) is 4.46. The highest BCUT2D eigenvalue weighted by Gasteiger charge is 2.10. The summed E-state index contributed by atoms with van der Waals surface area (Å²) in [5.74, 6) is -1.21. The van der Waals surface area contributed by atoms with Crippen molar-refractivity contribution in [3.8, 4) is 0 Å². The van der Waals surface area contributed by atoms with Gasteiger partial charge in [0.15, 0.2) is 0 Å². The normalized spacial score (nSPS) is 10.1. The van der Waals surface area contributed by atoms with Crippen LogP contribution in [-0.2, 0) is 0 Å². The number of benzene rings is 2. The zero-order valence-corrected chi connectivity index (χ0v) is 12.8.